The molecule has 6 rings (SSSR count). The summed E-state index contributed by atoms with van der Waals surface area (Å²) in [6.45, 7) is 11.8. The monoisotopic (exact) mass is 639 g/mol. The summed E-state index contributed by atoms with van der Waals surface area (Å²) in [5.41, 5.74) is -0.186. The van der Waals surface area contributed by atoms with E-state index in [2.05, 4.69) is 15.0 Å². The molecular formula is C31H32ClF2N7O4. The first-order valence-corrected chi connectivity index (χ1v) is 14.9. The predicted molar refractivity (Wildman–Crippen MR) is 164 cm³/mol. The summed E-state index contributed by atoms with van der Waals surface area (Å²) in [5, 5.41) is 0.237. The molecule has 11 nitrogen and oxygen atoms in total. The number of pyridine rings is 1. The Morgan fingerprint density at radius 1 is 1.16 bits per heavy atom. The van der Waals surface area contributed by atoms with Crippen LogP contribution in [0.5, 0.6) is 5.75 Å². The largest absolute Gasteiger partial charge is 0.489 e. The molecule has 1 atom stereocenters. The zero-order valence-electron chi connectivity index (χ0n) is 25.7. The van der Waals surface area contributed by atoms with Crippen LogP contribution < -0.4 is 15.3 Å². The number of hydrogen-bond acceptors (Lipinski definition) is 9. The van der Waals surface area contributed by atoms with E-state index in [0.717, 1.165) is 6.07 Å². The lowest BCUT2D eigenvalue weighted by atomic mass is 10.1. The van der Waals surface area contributed by atoms with Gasteiger partial charge in [-0.05, 0) is 45.7 Å². The Morgan fingerprint density at radius 2 is 1.91 bits per heavy atom. The molecule has 0 aliphatic carbocycles. The number of amides is 1. The molecule has 2 aliphatic rings. The highest BCUT2D eigenvalue weighted by molar-refractivity contribution is 6.36. The maximum atomic E-state index is 15.2. The van der Waals surface area contributed by atoms with Crippen LogP contribution in [-0.2, 0) is 4.74 Å². The Balaban J connectivity index is 1.62. The Hall–Kier alpha value is -4.39. The van der Waals surface area contributed by atoms with Gasteiger partial charge in [0.2, 0.25) is 0 Å². The lowest BCUT2D eigenvalue weighted by molar-refractivity contribution is 0.0202. The van der Waals surface area contributed by atoms with E-state index in [-0.39, 0.29) is 52.6 Å². The molecule has 14 heteroatoms. The highest BCUT2D eigenvalue weighted by Crippen LogP contribution is 2.45. The van der Waals surface area contributed by atoms with Gasteiger partial charge in [-0.3, -0.25) is 0 Å². The van der Waals surface area contributed by atoms with E-state index in [0.29, 0.717) is 35.6 Å². The number of halogens is 3. The SMILES string of the molecule is Cc1ncnc(C(C)C)c1-n1c(=O)nc2c3c(c(Cl)c(-c4cccc(F)c4F)nc31)OC[C@H]1CN(C(=O)OC(C)(C)C)CCN21. The lowest BCUT2D eigenvalue weighted by Gasteiger charge is -2.41. The van der Waals surface area contributed by atoms with Gasteiger partial charge < -0.3 is 19.3 Å². The maximum Gasteiger partial charge on any atom is 0.410 e. The summed E-state index contributed by atoms with van der Waals surface area (Å²) in [5.74, 6) is -1.99. The molecule has 1 amide bonds. The third-order valence-electron chi connectivity index (χ3n) is 7.74. The van der Waals surface area contributed by atoms with Gasteiger partial charge in [-0.1, -0.05) is 31.5 Å². The van der Waals surface area contributed by atoms with Crippen molar-refractivity contribution in [3.63, 3.8) is 0 Å². The van der Waals surface area contributed by atoms with E-state index in [4.69, 9.17) is 26.1 Å². The van der Waals surface area contributed by atoms with Crippen LogP contribution in [0.4, 0.5) is 19.4 Å². The van der Waals surface area contributed by atoms with Crippen LogP contribution in [0.25, 0.3) is 28.0 Å². The van der Waals surface area contributed by atoms with Crippen LogP contribution in [0.1, 0.15) is 51.9 Å². The molecule has 1 fully saturated rings. The van der Waals surface area contributed by atoms with E-state index in [1.165, 1.54) is 23.0 Å². The third-order valence-corrected chi connectivity index (χ3v) is 8.09. The van der Waals surface area contributed by atoms with Gasteiger partial charge in [0.25, 0.3) is 0 Å². The number of anilines is 1. The van der Waals surface area contributed by atoms with Gasteiger partial charge in [0.1, 0.15) is 34.8 Å². The average Bonchev–Trinajstić information content (AvgIpc) is 3.13. The molecule has 45 heavy (non-hydrogen) atoms. The van der Waals surface area contributed by atoms with Crippen molar-refractivity contribution in [2.75, 3.05) is 31.1 Å². The molecule has 0 bridgehead atoms. The molecule has 0 radical (unpaired) electrons. The Morgan fingerprint density at radius 3 is 2.62 bits per heavy atom. The topological polar surface area (TPSA) is 116 Å². The molecule has 0 spiro atoms. The molecule has 1 aromatic carbocycles. The summed E-state index contributed by atoms with van der Waals surface area (Å²) >= 11 is 6.91. The fourth-order valence-electron chi connectivity index (χ4n) is 5.72. The van der Waals surface area contributed by atoms with Crippen LogP contribution in [-0.4, -0.2) is 73.4 Å². The van der Waals surface area contributed by atoms with Crippen LogP contribution in [0.15, 0.2) is 29.3 Å². The zero-order chi connectivity index (χ0) is 32.4. The number of ether oxygens (including phenoxy) is 2. The molecule has 0 saturated carbocycles. The third kappa shape index (κ3) is 5.32. The second-order valence-corrected chi connectivity index (χ2v) is 12.8. The number of carbonyl (C=O) groups is 1. The number of piperazine rings is 1. The average molecular weight is 640 g/mol. The number of aromatic nitrogens is 5. The van der Waals surface area contributed by atoms with Gasteiger partial charge in [-0.2, -0.15) is 4.98 Å². The first kappa shape index (κ1) is 30.6. The summed E-state index contributed by atoms with van der Waals surface area (Å²) < 4.78 is 42.8. The molecule has 4 aromatic rings. The van der Waals surface area contributed by atoms with Gasteiger partial charge in [-0.15, -0.1) is 0 Å². The van der Waals surface area contributed by atoms with Crippen molar-refractivity contribution in [3.05, 3.63) is 63.1 Å². The molecule has 0 N–H and O–H groups in total. The zero-order valence-corrected chi connectivity index (χ0v) is 26.4. The summed E-state index contributed by atoms with van der Waals surface area (Å²) in [6.07, 6.45) is 0.945. The van der Waals surface area contributed by atoms with Crippen molar-refractivity contribution in [2.45, 2.75) is 59.1 Å². The van der Waals surface area contributed by atoms with Gasteiger partial charge >= 0.3 is 11.8 Å². The van der Waals surface area contributed by atoms with Gasteiger partial charge in [0.05, 0.1) is 28.8 Å². The van der Waals surface area contributed by atoms with Crippen molar-refractivity contribution in [1.29, 1.82) is 0 Å². The number of carbonyl (C=O) groups excluding carboxylic acids is 1. The Bertz CT molecular complexity index is 1910. The van der Waals surface area contributed by atoms with Crippen molar-refractivity contribution in [2.24, 2.45) is 0 Å². The molecule has 1 saturated heterocycles. The first-order chi connectivity index (χ1) is 21.3. The second-order valence-electron chi connectivity index (χ2n) is 12.4. The van der Waals surface area contributed by atoms with Crippen molar-refractivity contribution >= 4 is 34.5 Å². The molecular weight excluding hydrogens is 608 g/mol. The molecule has 0 unspecified atom stereocenters. The maximum absolute atomic E-state index is 15.2. The smallest absolute Gasteiger partial charge is 0.410 e. The standard InChI is InChI=1S/C31H32ClF2N7O4/c1-15(2)23-25(16(3)35-14-36-23)41-28-20-26(21(32)24(37-28)18-8-7-9-19(33)22(18)34)44-13-17-12-39(30(43)45-31(4,5)6)10-11-40(17)27(20)38-29(41)42/h7-9,14-15,17H,10-13H2,1-6H3/t17-/m1/s1. The van der Waals surface area contributed by atoms with Crippen LogP contribution in [0.2, 0.25) is 5.02 Å². The number of aryl methyl sites for hydroxylation is 1. The van der Waals surface area contributed by atoms with Crippen LogP contribution >= 0.6 is 11.6 Å². The van der Waals surface area contributed by atoms with Crippen molar-refractivity contribution < 1.29 is 23.0 Å². The highest BCUT2D eigenvalue weighted by atomic mass is 35.5. The van der Waals surface area contributed by atoms with Crippen molar-refractivity contribution in [1.82, 2.24) is 29.4 Å². The van der Waals surface area contributed by atoms with Gasteiger partial charge in [0, 0.05) is 25.2 Å². The van der Waals surface area contributed by atoms with Crippen molar-refractivity contribution in [3.8, 4) is 22.7 Å². The Labute approximate surface area is 262 Å². The minimum Gasteiger partial charge on any atom is -0.489 e. The molecule has 2 aliphatic heterocycles. The molecule has 5 heterocycles. The van der Waals surface area contributed by atoms with Gasteiger partial charge in [-0.25, -0.2) is 37.9 Å². The van der Waals surface area contributed by atoms with E-state index >= 15 is 4.39 Å². The van der Waals surface area contributed by atoms with Gasteiger partial charge in [0.15, 0.2) is 23.0 Å². The fourth-order valence-corrected chi connectivity index (χ4v) is 6.02. The highest BCUT2D eigenvalue weighted by Gasteiger charge is 2.39. The minimum atomic E-state index is -1.15. The van der Waals surface area contributed by atoms with E-state index < -0.39 is 35.1 Å². The number of hydrogen-bond donors (Lipinski definition) is 0. The summed E-state index contributed by atoms with van der Waals surface area (Å²) in [7, 11) is 0. The van der Waals surface area contributed by atoms with Crippen LogP contribution in [0, 0.1) is 18.6 Å². The number of benzene rings is 1. The summed E-state index contributed by atoms with van der Waals surface area (Å²) in [6, 6.07) is 3.25. The van der Waals surface area contributed by atoms with E-state index in [1.807, 2.05) is 18.7 Å². The number of nitrogens with zero attached hydrogens (tertiary/aromatic N) is 7. The minimum absolute atomic E-state index is 0.0402. The predicted octanol–water partition coefficient (Wildman–Crippen LogP) is 5.42. The molecule has 3 aromatic heterocycles. The number of rotatable bonds is 3. The summed E-state index contributed by atoms with van der Waals surface area (Å²) in [4.78, 5) is 48.5. The molecule has 236 valence electrons. The first-order valence-electron chi connectivity index (χ1n) is 14.6. The lowest BCUT2D eigenvalue weighted by Crippen LogP contribution is -2.57. The van der Waals surface area contributed by atoms with E-state index in [9.17, 15) is 14.0 Å². The second kappa shape index (κ2) is 11.2. The van der Waals surface area contributed by atoms with E-state index in [1.54, 1.807) is 32.6 Å². The fraction of sp³-hybridized carbons (Fsp3) is 0.419. The number of fused-ring (bicyclic) bond motifs is 2. The Kier molecular flexibility index (Phi) is 7.62. The van der Waals surface area contributed by atoms with Crippen LogP contribution in [0.3, 0.4) is 0 Å². The normalized spacial score (nSPS) is 16.4. The quantitative estimate of drug-likeness (QED) is 0.290.